The van der Waals surface area contributed by atoms with Gasteiger partial charge in [-0.2, -0.15) is 0 Å². The summed E-state index contributed by atoms with van der Waals surface area (Å²) in [6.07, 6.45) is 0. The summed E-state index contributed by atoms with van der Waals surface area (Å²) in [4.78, 5) is 0. The Morgan fingerprint density at radius 1 is 1.05 bits per heavy atom. The number of hydrogen-bond donors (Lipinski definition) is 2. The summed E-state index contributed by atoms with van der Waals surface area (Å²) in [5, 5.41) is 19.7. The van der Waals surface area contributed by atoms with Crippen LogP contribution in [0.5, 0.6) is 11.5 Å². The monoisotopic (exact) mass is 314 g/mol. The van der Waals surface area contributed by atoms with E-state index >= 15 is 0 Å². The van der Waals surface area contributed by atoms with Crippen LogP contribution in [-0.4, -0.2) is 23.4 Å². The van der Waals surface area contributed by atoms with Crippen molar-refractivity contribution >= 4 is 9.84 Å². The lowest BCUT2D eigenvalue weighted by Gasteiger charge is -2.20. The largest absolute Gasteiger partial charge is 0.504 e. The number of rotatable bonds is 1. The first kappa shape index (κ1) is 19.5. The van der Waals surface area contributed by atoms with Gasteiger partial charge in [0.1, 0.15) is 0 Å². The Bertz CT molecular complexity index is 588. The molecule has 0 unspecified atom stereocenters. The maximum absolute atomic E-state index is 10.9. The van der Waals surface area contributed by atoms with E-state index in [1.54, 1.807) is 26.8 Å². The average Bonchev–Trinajstić information content (AvgIpc) is 2.30. The van der Waals surface area contributed by atoms with Gasteiger partial charge in [-0.15, -0.1) is 0 Å². The fourth-order valence-corrected chi connectivity index (χ4v) is 1.89. The third kappa shape index (κ3) is 5.42. The van der Waals surface area contributed by atoms with E-state index in [-0.39, 0.29) is 16.9 Å². The van der Waals surface area contributed by atoms with E-state index in [1.807, 2.05) is 26.8 Å². The SMILES string of the molecule is C=CS(=O)(=O)C(C)(C)C.CC(C)(C)c1cccc(O)c1O. The molecule has 0 heterocycles. The molecule has 0 aliphatic rings. The van der Waals surface area contributed by atoms with Crippen LogP contribution in [0.2, 0.25) is 0 Å². The standard InChI is InChI=1S/C10H14O2.C6H12O2S/c1-10(2,3)7-5-4-6-8(11)9(7)12;1-5-9(7,8)6(2,3)4/h4-6,11-12H,1-3H3;5H,1H2,2-4H3. The Morgan fingerprint density at radius 2 is 1.52 bits per heavy atom. The van der Waals surface area contributed by atoms with E-state index in [0.29, 0.717) is 0 Å². The lowest BCUT2D eigenvalue weighted by molar-refractivity contribution is 0.389. The first-order valence-electron chi connectivity index (χ1n) is 6.62. The molecular weight excluding hydrogens is 288 g/mol. The predicted octanol–water partition coefficient (Wildman–Crippen LogP) is 3.74. The molecule has 120 valence electrons. The molecule has 1 rings (SSSR count). The van der Waals surface area contributed by atoms with Gasteiger partial charge in [-0.05, 0) is 32.3 Å². The first-order chi connectivity index (χ1) is 9.24. The molecule has 0 aromatic heterocycles. The van der Waals surface area contributed by atoms with Crippen molar-refractivity contribution in [1.29, 1.82) is 0 Å². The second kappa shape index (κ2) is 6.52. The topological polar surface area (TPSA) is 74.6 Å². The van der Waals surface area contributed by atoms with Crippen LogP contribution in [0.4, 0.5) is 0 Å². The zero-order valence-corrected chi connectivity index (χ0v) is 14.5. The number of benzene rings is 1. The van der Waals surface area contributed by atoms with Gasteiger partial charge >= 0.3 is 0 Å². The number of aromatic hydroxyl groups is 2. The Labute approximate surface area is 128 Å². The quantitative estimate of drug-likeness (QED) is 0.774. The number of sulfone groups is 1. The molecule has 5 heteroatoms. The van der Waals surface area contributed by atoms with Crippen LogP contribution < -0.4 is 0 Å². The highest BCUT2D eigenvalue weighted by Gasteiger charge is 2.25. The fourth-order valence-electron chi connectivity index (χ4n) is 1.39. The van der Waals surface area contributed by atoms with Crippen LogP contribution in [0.25, 0.3) is 0 Å². The van der Waals surface area contributed by atoms with E-state index in [1.165, 1.54) is 6.07 Å². The van der Waals surface area contributed by atoms with Crippen molar-refractivity contribution in [3.63, 3.8) is 0 Å². The van der Waals surface area contributed by atoms with Gasteiger partial charge in [-0.1, -0.05) is 39.5 Å². The molecule has 0 atom stereocenters. The van der Waals surface area contributed by atoms with Crippen LogP contribution in [0.1, 0.15) is 47.1 Å². The van der Waals surface area contributed by atoms with Gasteiger partial charge < -0.3 is 10.2 Å². The molecule has 0 saturated carbocycles. The van der Waals surface area contributed by atoms with E-state index in [4.69, 9.17) is 0 Å². The third-order valence-electron chi connectivity index (χ3n) is 2.90. The lowest BCUT2D eigenvalue weighted by atomic mass is 9.86. The van der Waals surface area contributed by atoms with E-state index in [2.05, 4.69) is 6.58 Å². The Hall–Kier alpha value is -1.49. The maximum Gasteiger partial charge on any atom is 0.175 e. The van der Waals surface area contributed by atoms with Gasteiger partial charge in [0.2, 0.25) is 0 Å². The normalized spacial score (nSPS) is 12.3. The molecule has 0 aliphatic heterocycles. The molecule has 1 aromatic rings. The summed E-state index contributed by atoms with van der Waals surface area (Å²) in [5.41, 5.74) is 0.630. The van der Waals surface area contributed by atoms with Gasteiger partial charge in [0, 0.05) is 11.0 Å². The molecule has 0 spiro atoms. The summed E-state index contributed by atoms with van der Waals surface area (Å²) in [6.45, 7) is 14.1. The minimum atomic E-state index is -3.07. The summed E-state index contributed by atoms with van der Waals surface area (Å²) >= 11 is 0. The number of phenols is 2. The van der Waals surface area contributed by atoms with Crippen molar-refractivity contribution in [2.45, 2.75) is 51.7 Å². The zero-order valence-electron chi connectivity index (χ0n) is 13.6. The van der Waals surface area contributed by atoms with Crippen molar-refractivity contribution in [2.24, 2.45) is 0 Å². The van der Waals surface area contributed by atoms with E-state index in [0.717, 1.165) is 11.0 Å². The maximum atomic E-state index is 10.9. The number of phenolic OH excluding ortho intramolecular Hbond substituents is 2. The molecule has 1 aromatic carbocycles. The van der Waals surface area contributed by atoms with Gasteiger partial charge in [0.05, 0.1) is 4.75 Å². The fraction of sp³-hybridized carbons (Fsp3) is 0.500. The Kier molecular flexibility index (Phi) is 6.05. The van der Waals surface area contributed by atoms with Crippen LogP contribution in [-0.2, 0) is 15.3 Å². The van der Waals surface area contributed by atoms with Crippen molar-refractivity contribution < 1.29 is 18.6 Å². The van der Waals surface area contributed by atoms with Gasteiger partial charge in [-0.3, -0.25) is 0 Å². The minimum Gasteiger partial charge on any atom is -0.504 e. The highest BCUT2D eigenvalue weighted by atomic mass is 32.2. The van der Waals surface area contributed by atoms with Crippen LogP contribution in [0.15, 0.2) is 30.2 Å². The second-order valence-electron chi connectivity index (χ2n) is 6.75. The first-order valence-corrected chi connectivity index (χ1v) is 8.17. The van der Waals surface area contributed by atoms with Gasteiger partial charge in [0.25, 0.3) is 0 Å². The van der Waals surface area contributed by atoms with Crippen LogP contribution in [0.3, 0.4) is 0 Å². The van der Waals surface area contributed by atoms with Gasteiger partial charge in [0.15, 0.2) is 21.3 Å². The van der Waals surface area contributed by atoms with E-state index in [9.17, 15) is 18.6 Å². The molecule has 2 N–H and O–H groups in total. The van der Waals surface area contributed by atoms with Gasteiger partial charge in [-0.25, -0.2) is 8.42 Å². The number of para-hydroxylation sites is 1. The Balaban J connectivity index is 0.000000400. The molecule has 0 aliphatic carbocycles. The van der Waals surface area contributed by atoms with Crippen molar-refractivity contribution in [1.82, 2.24) is 0 Å². The van der Waals surface area contributed by atoms with Crippen molar-refractivity contribution in [3.05, 3.63) is 35.7 Å². The number of hydrogen-bond acceptors (Lipinski definition) is 4. The van der Waals surface area contributed by atoms with E-state index < -0.39 is 14.6 Å². The molecule has 0 fully saturated rings. The lowest BCUT2D eigenvalue weighted by Crippen LogP contribution is -2.25. The summed E-state index contributed by atoms with van der Waals surface area (Å²) < 4.78 is 21.1. The molecule has 0 saturated heterocycles. The summed E-state index contributed by atoms with van der Waals surface area (Å²) in [6, 6.07) is 5.02. The van der Waals surface area contributed by atoms with Crippen molar-refractivity contribution in [3.8, 4) is 11.5 Å². The third-order valence-corrected chi connectivity index (χ3v) is 5.04. The predicted molar refractivity (Wildman–Crippen MR) is 87.3 cm³/mol. The molecule has 0 amide bonds. The second-order valence-corrected chi connectivity index (χ2v) is 9.40. The zero-order chi connectivity index (χ0) is 17.1. The highest BCUT2D eigenvalue weighted by Crippen LogP contribution is 2.36. The molecule has 0 bridgehead atoms. The Morgan fingerprint density at radius 3 is 1.76 bits per heavy atom. The van der Waals surface area contributed by atoms with Crippen molar-refractivity contribution in [2.75, 3.05) is 0 Å². The molecule has 21 heavy (non-hydrogen) atoms. The highest BCUT2D eigenvalue weighted by molar-refractivity contribution is 7.95. The molecule has 0 radical (unpaired) electrons. The smallest absolute Gasteiger partial charge is 0.175 e. The average molecular weight is 314 g/mol. The summed E-state index contributed by atoms with van der Waals surface area (Å²) in [7, 11) is -3.07. The summed E-state index contributed by atoms with van der Waals surface area (Å²) in [5.74, 6) is -0.0626. The van der Waals surface area contributed by atoms with Crippen LogP contribution in [0, 0.1) is 0 Å². The molecular formula is C16H26O4S. The minimum absolute atomic E-state index is 0.00926. The van der Waals surface area contributed by atoms with Crippen LogP contribution >= 0.6 is 0 Å². The molecule has 4 nitrogen and oxygen atoms in total.